The second kappa shape index (κ2) is 6.72. The Labute approximate surface area is 136 Å². The summed E-state index contributed by atoms with van der Waals surface area (Å²) in [5.41, 5.74) is 0.245. The van der Waals surface area contributed by atoms with Gasteiger partial charge in [-0.1, -0.05) is 24.3 Å². The molecule has 0 fully saturated rings. The zero-order valence-corrected chi connectivity index (χ0v) is 12.5. The first kappa shape index (κ1) is 16.0. The van der Waals surface area contributed by atoms with Crippen molar-refractivity contribution in [2.75, 3.05) is 6.54 Å². The number of pyridine rings is 1. The van der Waals surface area contributed by atoms with Crippen molar-refractivity contribution in [1.29, 1.82) is 0 Å². The lowest BCUT2D eigenvalue weighted by atomic mass is 10.1. The van der Waals surface area contributed by atoms with E-state index < -0.39 is 23.3 Å². The summed E-state index contributed by atoms with van der Waals surface area (Å²) < 4.78 is 27.2. The first-order valence-corrected chi connectivity index (χ1v) is 7.30. The zero-order chi connectivity index (χ0) is 17.1. The van der Waals surface area contributed by atoms with Gasteiger partial charge in [0.1, 0.15) is 17.7 Å². The van der Waals surface area contributed by atoms with Crippen molar-refractivity contribution in [3.63, 3.8) is 0 Å². The van der Waals surface area contributed by atoms with Crippen LogP contribution < -0.4 is 5.56 Å². The maximum atomic E-state index is 13.6. The Bertz CT molecular complexity index is 946. The van der Waals surface area contributed by atoms with Crippen LogP contribution in [-0.4, -0.2) is 22.8 Å². The summed E-state index contributed by atoms with van der Waals surface area (Å²) in [4.78, 5) is 18.6. The lowest BCUT2D eigenvalue weighted by molar-refractivity contribution is 0.177. The number of fused-ring (bicyclic) bond motifs is 1. The van der Waals surface area contributed by atoms with Gasteiger partial charge in [0.25, 0.3) is 5.56 Å². The fraction of sp³-hybridized carbons (Fsp3) is 0.111. The average Bonchev–Trinajstić information content (AvgIpc) is 2.55. The second-order valence-corrected chi connectivity index (χ2v) is 5.29. The summed E-state index contributed by atoms with van der Waals surface area (Å²) in [6.07, 6.45) is -0.144. The minimum atomic E-state index is -1.43. The normalized spacial score (nSPS) is 12.8. The number of hydrogen-bond acceptors (Lipinski definition) is 3. The van der Waals surface area contributed by atoms with Gasteiger partial charge in [-0.15, -0.1) is 0 Å². The fourth-order valence-corrected chi connectivity index (χ4v) is 2.43. The number of benzene rings is 2. The number of H-pyrrole nitrogens is 1. The Hall–Kier alpha value is -2.86. The van der Waals surface area contributed by atoms with Crippen LogP contribution in [0.4, 0.5) is 8.78 Å². The molecule has 0 radical (unpaired) electrons. The third-order valence-corrected chi connectivity index (χ3v) is 3.62. The molecule has 3 rings (SSSR count). The minimum absolute atomic E-state index is 0.260. The number of nitrogens with one attached hydrogen (secondary N) is 1. The highest BCUT2D eigenvalue weighted by Crippen LogP contribution is 2.20. The molecule has 1 aromatic heterocycles. The summed E-state index contributed by atoms with van der Waals surface area (Å²) in [7, 11) is 0. The van der Waals surface area contributed by atoms with Crippen LogP contribution in [0.1, 0.15) is 17.2 Å². The maximum absolute atomic E-state index is 13.6. The molecule has 4 nitrogen and oxygen atoms in total. The number of aliphatic imine (C=N–C) groups is 1. The van der Waals surface area contributed by atoms with Crippen LogP contribution in [0.15, 0.2) is 58.3 Å². The molecule has 2 N–H and O–H groups in total. The van der Waals surface area contributed by atoms with E-state index in [1.54, 1.807) is 12.1 Å². The monoisotopic (exact) mass is 328 g/mol. The quantitative estimate of drug-likeness (QED) is 0.723. The van der Waals surface area contributed by atoms with Gasteiger partial charge in [-0.3, -0.25) is 9.79 Å². The van der Waals surface area contributed by atoms with Crippen molar-refractivity contribution in [1.82, 2.24) is 4.98 Å². The smallest absolute Gasteiger partial charge is 0.257 e. The number of aliphatic hydroxyl groups excluding tert-OH is 1. The van der Waals surface area contributed by atoms with Gasteiger partial charge in [-0.05, 0) is 29.7 Å². The van der Waals surface area contributed by atoms with Crippen LogP contribution in [0, 0.1) is 11.6 Å². The summed E-state index contributed by atoms with van der Waals surface area (Å²) >= 11 is 0. The van der Waals surface area contributed by atoms with Crippen LogP contribution in [0.2, 0.25) is 0 Å². The van der Waals surface area contributed by atoms with Crippen molar-refractivity contribution < 1.29 is 13.9 Å². The van der Waals surface area contributed by atoms with Crippen LogP contribution in [-0.2, 0) is 0 Å². The van der Waals surface area contributed by atoms with Crippen molar-refractivity contribution in [3.8, 4) is 0 Å². The van der Waals surface area contributed by atoms with E-state index in [-0.39, 0.29) is 12.1 Å². The lowest BCUT2D eigenvalue weighted by Crippen LogP contribution is -2.12. The standard InChI is InChI=1S/C18H14F2N2O2/c19-13-5-3-6-14(20)17(13)16(23)10-21-9-12-8-11-4-1-2-7-15(11)22-18(12)24/h1-9,16,23H,10H2,(H,22,24). The summed E-state index contributed by atoms with van der Waals surface area (Å²) in [6.45, 7) is -0.260. The fourth-order valence-electron chi connectivity index (χ4n) is 2.43. The Balaban J connectivity index is 1.81. The number of halogens is 2. The second-order valence-electron chi connectivity index (χ2n) is 5.29. The van der Waals surface area contributed by atoms with E-state index in [9.17, 15) is 18.7 Å². The average molecular weight is 328 g/mol. The van der Waals surface area contributed by atoms with E-state index in [2.05, 4.69) is 9.98 Å². The SMILES string of the molecule is O=c1[nH]c2ccccc2cc1C=NCC(O)c1c(F)cccc1F. The molecular weight excluding hydrogens is 314 g/mol. The van der Waals surface area contributed by atoms with Crippen molar-refractivity contribution in [3.05, 3.63) is 81.6 Å². The number of para-hydroxylation sites is 1. The molecule has 0 spiro atoms. The van der Waals surface area contributed by atoms with E-state index in [1.807, 2.05) is 18.2 Å². The van der Waals surface area contributed by atoms with Gasteiger partial charge in [-0.25, -0.2) is 8.78 Å². The largest absolute Gasteiger partial charge is 0.386 e. The molecule has 0 aliphatic heterocycles. The van der Waals surface area contributed by atoms with Gasteiger partial charge in [-0.2, -0.15) is 0 Å². The highest BCUT2D eigenvalue weighted by Gasteiger charge is 2.16. The van der Waals surface area contributed by atoms with Gasteiger partial charge in [0.2, 0.25) is 0 Å². The number of aromatic nitrogens is 1. The van der Waals surface area contributed by atoms with Crippen LogP contribution in [0.25, 0.3) is 10.9 Å². The van der Waals surface area contributed by atoms with Gasteiger partial charge in [0, 0.05) is 11.7 Å². The molecule has 3 aromatic rings. The van der Waals surface area contributed by atoms with Crippen molar-refractivity contribution >= 4 is 17.1 Å². The highest BCUT2D eigenvalue weighted by molar-refractivity contribution is 5.87. The summed E-state index contributed by atoms with van der Waals surface area (Å²) in [5.74, 6) is -1.66. The first-order chi connectivity index (χ1) is 11.6. The number of nitrogens with zero attached hydrogens (tertiary/aromatic N) is 1. The zero-order valence-electron chi connectivity index (χ0n) is 12.5. The van der Waals surface area contributed by atoms with Crippen LogP contribution in [0.5, 0.6) is 0 Å². The van der Waals surface area contributed by atoms with Gasteiger partial charge in [0.05, 0.1) is 17.7 Å². The third-order valence-electron chi connectivity index (χ3n) is 3.62. The Morgan fingerprint density at radius 1 is 1.12 bits per heavy atom. The predicted molar refractivity (Wildman–Crippen MR) is 88.3 cm³/mol. The molecule has 24 heavy (non-hydrogen) atoms. The Kier molecular flexibility index (Phi) is 4.48. The molecule has 0 bridgehead atoms. The van der Waals surface area contributed by atoms with Crippen molar-refractivity contribution in [2.45, 2.75) is 6.10 Å². The maximum Gasteiger partial charge on any atom is 0.257 e. The molecule has 1 atom stereocenters. The van der Waals surface area contributed by atoms with Gasteiger partial charge in [0.15, 0.2) is 0 Å². The van der Waals surface area contributed by atoms with E-state index in [1.165, 1.54) is 12.3 Å². The molecule has 0 amide bonds. The molecule has 0 aliphatic rings. The van der Waals surface area contributed by atoms with Crippen LogP contribution in [0.3, 0.4) is 0 Å². The molecule has 2 aromatic carbocycles. The molecule has 0 saturated heterocycles. The number of rotatable bonds is 4. The van der Waals surface area contributed by atoms with E-state index in [0.717, 1.165) is 17.5 Å². The molecule has 0 aliphatic carbocycles. The van der Waals surface area contributed by atoms with E-state index in [0.29, 0.717) is 11.1 Å². The lowest BCUT2D eigenvalue weighted by Gasteiger charge is -2.10. The molecule has 0 saturated carbocycles. The Morgan fingerprint density at radius 2 is 1.83 bits per heavy atom. The number of aromatic amines is 1. The number of aliphatic hydroxyl groups is 1. The molecule has 6 heteroatoms. The van der Waals surface area contributed by atoms with E-state index >= 15 is 0 Å². The first-order valence-electron chi connectivity index (χ1n) is 7.30. The Morgan fingerprint density at radius 3 is 2.58 bits per heavy atom. The number of hydrogen-bond donors (Lipinski definition) is 2. The predicted octanol–water partition coefficient (Wildman–Crippen LogP) is 2.96. The highest BCUT2D eigenvalue weighted by atomic mass is 19.1. The van der Waals surface area contributed by atoms with Crippen LogP contribution >= 0.6 is 0 Å². The summed E-state index contributed by atoms with van der Waals surface area (Å²) in [5, 5.41) is 10.8. The topological polar surface area (TPSA) is 65.5 Å². The third kappa shape index (κ3) is 3.23. The van der Waals surface area contributed by atoms with E-state index in [4.69, 9.17) is 0 Å². The van der Waals surface area contributed by atoms with Gasteiger partial charge >= 0.3 is 0 Å². The van der Waals surface area contributed by atoms with Crippen molar-refractivity contribution in [2.24, 2.45) is 4.99 Å². The molecule has 1 heterocycles. The molecule has 1 unspecified atom stereocenters. The van der Waals surface area contributed by atoms with Gasteiger partial charge < -0.3 is 10.1 Å². The minimum Gasteiger partial charge on any atom is -0.386 e. The molecule has 122 valence electrons. The summed E-state index contributed by atoms with van der Waals surface area (Å²) in [6, 6.07) is 12.3. The molecular formula is C18H14F2N2O2.